The molecule has 0 unspecified atom stereocenters. The zero-order valence-electron chi connectivity index (χ0n) is 11.6. The highest BCUT2D eigenvalue weighted by Crippen LogP contribution is 2.35. The molecule has 1 atom stereocenters. The molecule has 3 heterocycles. The summed E-state index contributed by atoms with van der Waals surface area (Å²) in [4.78, 5) is 8.25. The smallest absolute Gasteiger partial charge is 0.262 e. The summed E-state index contributed by atoms with van der Waals surface area (Å²) in [6.07, 6.45) is 5.61. The van der Waals surface area contributed by atoms with Crippen molar-refractivity contribution in [3.8, 4) is 0 Å². The van der Waals surface area contributed by atoms with Crippen LogP contribution >= 0.6 is 11.3 Å². The maximum atomic E-state index is 12.8. The van der Waals surface area contributed by atoms with Crippen molar-refractivity contribution >= 4 is 26.5 Å². The lowest BCUT2D eigenvalue weighted by Crippen LogP contribution is -2.38. The number of sulfonamides is 1. The number of imidazole rings is 1. The fraction of sp³-hybridized carbons (Fsp3) is 0.500. The van der Waals surface area contributed by atoms with Crippen molar-refractivity contribution in [2.75, 3.05) is 12.3 Å². The average Bonchev–Trinajstić information content (AvgIpc) is 3.08. The normalized spacial score (nSPS) is 20.7. The molecule has 2 N–H and O–H groups in total. The van der Waals surface area contributed by atoms with E-state index in [9.17, 15) is 8.42 Å². The van der Waals surface area contributed by atoms with E-state index in [1.165, 1.54) is 28.2 Å². The lowest BCUT2D eigenvalue weighted by molar-refractivity contribution is 0.251. The largest absolute Gasteiger partial charge is 0.375 e. The van der Waals surface area contributed by atoms with Gasteiger partial charge in [0.15, 0.2) is 10.2 Å². The van der Waals surface area contributed by atoms with E-state index in [4.69, 9.17) is 5.73 Å². The molecule has 0 spiro atoms. The molecule has 1 aliphatic heterocycles. The Kier molecular flexibility index (Phi) is 3.72. The van der Waals surface area contributed by atoms with Crippen molar-refractivity contribution in [1.82, 2.24) is 18.8 Å². The first kappa shape index (κ1) is 14.5. The number of hydrogen-bond donors (Lipinski definition) is 1. The lowest BCUT2D eigenvalue weighted by atomic mass is 10.0. The molecule has 0 radical (unpaired) electrons. The molecule has 21 heavy (non-hydrogen) atoms. The Morgan fingerprint density at radius 1 is 1.43 bits per heavy atom. The van der Waals surface area contributed by atoms with Gasteiger partial charge in [0.05, 0.1) is 18.1 Å². The number of aryl methyl sites for hydroxylation is 1. The molecule has 1 fully saturated rings. The van der Waals surface area contributed by atoms with Gasteiger partial charge in [0, 0.05) is 25.2 Å². The van der Waals surface area contributed by atoms with Crippen LogP contribution in [0.1, 0.15) is 31.0 Å². The predicted molar refractivity (Wildman–Crippen MR) is 80.2 cm³/mol. The number of nitrogens with zero attached hydrogens (tertiary/aromatic N) is 4. The van der Waals surface area contributed by atoms with Crippen molar-refractivity contribution < 1.29 is 8.42 Å². The van der Waals surface area contributed by atoms with Crippen LogP contribution in [0.4, 0.5) is 5.13 Å². The number of thiazole rings is 1. The van der Waals surface area contributed by atoms with E-state index in [0.29, 0.717) is 11.7 Å². The van der Waals surface area contributed by atoms with Crippen LogP contribution in [0, 0.1) is 0 Å². The summed E-state index contributed by atoms with van der Waals surface area (Å²) in [6, 6.07) is -0.251. The first-order valence-electron chi connectivity index (χ1n) is 6.69. The van der Waals surface area contributed by atoms with Gasteiger partial charge in [0.2, 0.25) is 0 Å². The number of piperidine rings is 1. The summed E-state index contributed by atoms with van der Waals surface area (Å²) in [5.74, 6) is 0. The Balaban J connectivity index is 1.97. The summed E-state index contributed by atoms with van der Waals surface area (Å²) in [5, 5.41) is 2.39. The second-order valence-corrected chi connectivity index (χ2v) is 7.84. The van der Waals surface area contributed by atoms with Gasteiger partial charge in [-0.25, -0.2) is 18.4 Å². The minimum atomic E-state index is -3.60. The highest BCUT2D eigenvalue weighted by atomic mass is 32.2. The van der Waals surface area contributed by atoms with Gasteiger partial charge in [0.25, 0.3) is 10.0 Å². The van der Waals surface area contributed by atoms with Crippen molar-refractivity contribution in [1.29, 1.82) is 0 Å². The van der Waals surface area contributed by atoms with Gasteiger partial charge in [0.1, 0.15) is 0 Å². The Morgan fingerprint density at radius 2 is 2.24 bits per heavy atom. The number of nitrogen functional groups attached to an aromatic ring is 1. The predicted octanol–water partition coefficient (Wildman–Crippen LogP) is 1.37. The first-order chi connectivity index (χ1) is 9.98. The van der Waals surface area contributed by atoms with E-state index >= 15 is 0 Å². The molecule has 7 nitrogen and oxygen atoms in total. The van der Waals surface area contributed by atoms with Crippen molar-refractivity contribution in [2.24, 2.45) is 7.05 Å². The van der Waals surface area contributed by atoms with E-state index < -0.39 is 10.0 Å². The van der Waals surface area contributed by atoms with Gasteiger partial charge in [-0.1, -0.05) is 6.42 Å². The molecule has 0 aromatic carbocycles. The fourth-order valence-corrected chi connectivity index (χ4v) is 4.83. The standard InChI is InChI=1S/C12H17N5O2S2/c1-16-6-11(14-8-16)21(18,19)17-5-3-2-4-10(17)9-7-20-12(13)15-9/h6-8,10H,2-5H2,1H3,(H2,13,15)/t10-/m1/s1. The molecule has 0 aliphatic carbocycles. The highest BCUT2D eigenvalue weighted by molar-refractivity contribution is 7.89. The Hall–Kier alpha value is -1.45. The van der Waals surface area contributed by atoms with Crippen molar-refractivity contribution in [2.45, 2.75) is 30.3 Å². The summed E-state index contributed by atoms with van der Waals surface area (Å²) in [7, 11) is -1.85. The Morgan fingerprint density at radius 3 is 2.86 bits per heavy atom. The molecular formula is C12H17N5O2S2. The van der Waals surface area contributed by atoms with Gasteiger partial charge in [-0.15, -0.1) is 11.3 Å². The minimum absolute atomic E-state index is 0.0834. The molecule has 1 saturated heterocycles. The topological polar surface area (TPSA) is 94.1 Å². The molecule has 9 heteroatoms. The van der Waals surface area contributed by atoms with Crippen LogP contribution in [0.15, 0.2) is 22.9 Å². The number of anilines is 1. The zero-order valence-corrected chi connectivity index (χ0v) is 13.3. The first-order valence-corrected chi connectivity index (χ1v) is 9.01. The molecular weight excluding hydrogens is 310 g/mol. The number of nitrogens with two attached hydrogens (primary N) is 1. The van der Waals surface area contributed by atoms with Crippen LogP contribution in [-0.2, 0) is 17.1 Å². The summed E-state index contributed by atoms with van der Waals surface area (Å²) in [6.45, 7) is 0.487. The van der Waals surface area contributed by atoms with E-state index in [1.54, 1.807) is 11.6 Å². The van der Waals surface area contributed by atoms with E-state index in [-0.39, 0.29) is 11.1 Å². The van der Waals surface area contributed by atoms with E-state index in [1.807, 2.05) is 5.38 Å². The number of rotatable bonds is 3. The van der Waals surface area contributed by atoms with Crippen molar-refractivity contribution in [3.05, 3.63) is 23.6 Å². The Labute approximate surface area is 127 Å². The van der Waals surface area contributed by atoms with Crippen molar-refractivity contribution in [3.63, 3.8) is 0 Å². The van der Waals surface area contributed by atoms with Crippen LogP contribution < -0.4 is 5.73 Å². The Bertz CT molecular complexity index is 736. The summed E-state index contributed by atoms with van der Waals surface area (Å²) >= 11 is 1.34. The van der Waals surface area contributed by atoms with Crippen LogP contribution in [0.5, 0.6) is 0 Å². The third kappa shape index (κ3) is 2.68. The van der Waals surface area contributed by atoms with Gasteiger partial charge in [-0.2, -0.15) is 4.31 Å². The minimum Gasteiger partial charge on any atom is -0.375 e. The zero-order chi connectivity index (χ0) is 15.0. The van der Waals surface area contributed by atoms with Crippen LogP contribution in [0.25, 0.3) is 0 Å². The fourth-order valence-electron chi connectivity index (χ4n) is 2.58. The summed E-state index contributed by atoms with van der Waals surface area (Å²) < 4.78 is 28.7. The highest BCUT2D eigenvalue weighted by Gasteiger charge is 2.36. The number of aromatic nitrogens is 3. The average molecular weight is 327 g/mol. The molecule has 0 amide bonds. The lowest BCUT2D eigenvalue weighted by Gasteiger charge is -2.33. The maximum Gasteiger partial charge on any atom is 0.262 e. The SMILES string of the molecule is Cn1cnc(S(=O)(=O)N2CCCC[C@@H]2c2csc(N)n2)c1. The van der Waals surface area contributed by atoms with E-state index in [0.717, 1.165) is 25.0 Å². The maximum absolute atomic E-state index is 12.8. The quantitative estimate of drug-likeness (QED) is 0.919. The van der Waals surface area contributed by atoms with E-state index in [2.05, 4.69) is 9.97 Å². The monoisotopic (exact) mass is 327 g/mol. The third-order valence-electron chi connectivity index (χ3n) is 3.59. The van der Waals surface area contributed by atoms with Crippen LogP contribution in [0.3, 0.4) is 0 Å². The second kappa shape index (κ2) is 5.39. The molecule has 0 saturated carbocycles. The summed E-state index contributed by atoms with van der Waals surface area (Å²) in [5.41, 5.74) is 6.41. The van der Waals surface area contributed by atoms with Gasteiger partial charge >= 0.3 is 0 Å². The molecule has 1 aliphatic rings. The van der Waals surface area contributed by atoms with Gasteiger partial charge in [-0.05, 0) is 12.8 Å². The molecule has 0 bridgehead atoms. The molecule has 2 aromatic rings. The second-order valence-electron chi connectivity index (χ2n) is 5.12. The molecule has 114 valence electrons. The van der Waals surface area contributed by atoms with Crippen LogP contribution in [0.2, 0.25) is 0 Å². The number of hydrogen-bond acceptors (Lipinski definition) is 6. The molecule has 3 rings (SSSR count). The molecule has 2 aromatic heterocycles. The third-order valence-corrected chi connectivity index (χ3v) is 6.08. The van der Waals surface area contributed by atoms with Gasteiger partial charge in [-0.3, -0.25) is 0 Å². The van der Waals surface area contributed by atoms with Crippen LogP contribution in [-0.4, -0.2) is 33.8 Å². The van der Waals surface area contributed by atoms with Gasteiger partial charge < -0.3 is 10.3 Å².